The third-order valence-electron chi connectivity index (χ3n) is 4.42. The second kappa shape index (κ2) is 6.11. The Kier molecular flexibility index (Phi) is 3.89. The highest BCUT2D eigenvalue weighted by Crippen LogP contribution is 2.33. The number of hydrogen-bond donors (Lipinski definition) is 0. The maximum Gasteiger partial charge on any atom is 0.433 e. The quantitative estimate of drug-likeness (QED) is 0.698. The van der Waals surface area contributed by atoms with Crippen LogP contribution in [0.3, 0.4) is 0 Å². The van der Waals surface area contributed by atoms with Gasteiger partial charge in [-0.05, 0) is 31.0 Å². The molecular weight excluding hydrogens is 351 g/mol. The van der Waals surface area contributed by atoms with Crippen molar-refractivity contribution in [2.75, 3.05) is 13.1 Å². The fourth-order valence-electron chi connectivity index (χ4n) is 3.20. The first-order valence-electron chi connectivity index (χ1n) is 8.04. The van der Waals surface area contributed by atoms with Crippen molar-refractivity contribution < 1.29 is 22.4 Å². The molecule has 0 unspecified atom stereocenters. The fourth-order valence-corrected chi connectivity index (χ4v) is 3.20. The normalized spacial score (nSPS) is 18.4. The SMILES string of the molecule is O=C(c1ccco1)N1CCC[C@H](c2cc(C(F)(F)F)n3ncnc3n2)C1. The molecule has 10 heteroatoms. The van der Waals surface area contributed by atoms with E-state index in [1.165, 1.54) is 6.26 Å². The van der Waals surface area contributed by atoms with Gasteiger partial charge in [0.1, 0.15) is 6.33 Å². The van der Waals surface area contributed by atoms with Gasteiger partial charge in [-0.25, -0.2) is 4.98 Å². The molecule has 3 aromatic heterocycles. The summed E-state index contributed by atoms with van der Waals surface area (Å²) in [6.07, 6.45) is -0.837. The van der Waals surface area contributed by atoms with Crippen LogP contribution in [0.4, 0.5) is 13.2 Å². The number of alkyl halides is 3. The third kappa shape index (κ3) is 2.91. The van der Waals surface area contributed by atoms with Gasteiger partial charge >= 0.3 is 6.18 Å². The molecule has 0 aromatic carbocycles. The molecule has 1 aliphatic heterocycles. The lowest BCUT2D eigenvalue weighted by Gasteiger charge is -2.32. The number of carbonyl (C=O) groups is 1. The van der Waals surface area contributed by atoms with Crippen LogP contribution in [0.5, 0.6) is 0 Å². The Morgan fingerprint density at radius 3 is 2.92 bits per heavy atom. The first-order valence-corrected chi connectivity index (χ1v) is 8.04. The Morgan fingerprint density at radius 2 is 2.19 bits per heavy atom. The first kappa shape index (κ1) is 16.6. The minimum Gasteiger partial charge on any atom is -0.459 e. The van der Waals surface area contributed by atoms with Gasteiger partial charge in [-0.1, -0.05) is 0 Å². The van der Waals surface area contributed by atoms with E-state index in [0.29, 0.717) is 23.9 Å². The molecule has 136 valence electrons. The van der Waals surface area contributed by atoms with E-state index in [0.717, 1.165) is 12.4 Å². The molecule has 0 saturated carbocycles. The van der Waals surface area contributed by atoms with E-state index in [1.807, 2.05) is 0 Å². The predicted octanol–water partition coefficient (Wildman–Crippen LogP) is 2.76. The van der Waals surface area contributed by atoms with Crippen molar-refractivity contribution in [3.8, 4) is 0 Å². The zero-order chi connectivity index (χ0) is 18.3. The van der Waals surface area contributed by atoms with Gasteiger partial charge in [0.25, 0.3) is 11.7 Å². The highest BCUT2D eigenvalue weighted by atomic mass is 19.4. The van der Waals surface area contributed by atoms with Gasteiger partial charge in [0, 0.05) is 19.0 Å². The number of amides is 1. The minimum absolute atomic E-state index is 0.107. The molecule has 1 saturated heterocycles. The second-order valence-corrected chi connectivity index (χ2v) is 6.10. The summed E-state index contributed by atoms with van der Waals surface area (Å²) in [4.78, 5) is 22.0. The van der Waals surface area contributed by atoms with E-state index in [-0.39, 0.29) is 35.6 Å². The standard InChI is InChI=1S/C16H14F3N5O2/c17-16(18,19)13-7-11(22-15-20-9-21-24(13)15)10-3-1-5-23(8-10)14(25)12-4-2-6-26-12/h2,4,6-7,9-10H,1,3,5,8H2/t10-/m0/s1. The van der Waals surface area contributed by atoms with Crippen molar-refractivity contribution in [2.45, 2.75) is 24.9 Å². The van der Waals surface area contributed by atoms with Crippen LogP contribution < -0.4 is 0 Å². The Balaban J connectivity index is 1.66. The Bertz CT molecular complexity index is 935. The number of aromatic nitrogens is 4. The lowest BCUT2D eigenvalue weighted by molar-refractivity contribution is -0.142. The molecule has 1 aliphatic rings. The Labute approximate surface area is 145 Å². The first-order chi connectivity index (χ1) is 12.4. The van der Waals surface area contributed by atoms with E-state index < -0.39 is 11.9 Å². The van der Waals surface area contributed by atoms with Gasteiger partial charge in [0.05, 0.1) is 12.0 Å². The summed E-state index contributed by atoms with van der Waals surface area (Å²) in [7, 11) is 0. The molecule has 4 rings (SSSR count). The molecule has 7 nitrogen and oxygen atoms in total. The molecule has 0 spiro atoms. The van der Waals surface area contributed by atoms with E-state index in [1.54, 1.807) is 17.0 Å². The minimum atomic E-state index is -4.58. The van der Waals surface area contributed by atoms with Gasteiger partial charge in [0.2, 0.25) is 0 Å². The molecule has 26 heavy (non-hydrogen) atoms. The van der Waals surface area contributed by atoms with Crippen molar-refractivity contribution in [1.29, 1.82) is 0 Å². The van der Waals surface area contributed by atoms with Crippen LogP contribution in [-0.2, 0) is 6.18 Å². The molecule has 0 bridgehead atoms. The van der Waals surface area contributed by atoms with Crippen LogP contribution in [0.25, 0.3) is 5.78 Å². The molecule has 3 aromatic rings. The summed E-state index contributed by atoms with van der Waals surface area (Å²) in [5.74, 6) is -0.489. The number of likely N-dealkylation sites (tertiary alicyclic amines) is 1. The highest BCUT2D eigenvalue weighted by molar-refractivity contribution is 5.91. The van der Waals surface area contributed by atoms with E-state index in [4.69, 9.17) is 4.42 Å². The summed E-state index contributed by atoms with van der Waals surface area (Å²) in [6, 6.07) is 4.17. The maximum absolute atomic E-state index is 13.3. The Hall–Kier alpha value is -2.91. The van der Waals surface area contributed by atoms with Crippen LogP contribution >= 0.6 is 0 Å². The number of hydrogen-bond acceptors (Lipinski definition) is 5. The number of carbonyl (C=O) groups excluding carboxylic acids is 1. The van der Waals surface area contributed by atoms with Crippen molar-refractivity contribution in [3.63, 3.8) is 0 Å². The summed E-state index contributed by atoms with van der Waals surface area (Å²) < 4.78 is 45.8. The zero-order valence-electron chi connectivity index (χ0n) is 13.5. The van der Waals surface area contributed by atoms with Gasteiger partial charge in [-0.15, -0.1) is 0 Å². The molecule has 0 aliphatic carbocycles. The average Bonchev–Trinajstić information content (AvgIpc) is 3.31. The van der Waals surface area contributed by atoms with Crippen molar-refractivity contribution in [2.24, 2.45) is 0 Å². The van der Waals surface area contributed by atoms with Gasteiger partial charge < -0.3 is 9.32 Å². The molecule has 4 heterocycles. The summed E-state index contributed by atoms with van der Waals surface area (Å²) in [5.41, 5.74) is -0.667. The van der Waals surface area contributed by atoms with Crippen molar-refractivity contribution in [3.05, 3.63) is 47.9 Å². The predicted molar refractivity (Wildman–Crippen MR) is 82.4 cm³/mol. The number of halogens is 3. The van der Waals surface area contributed by atoms with E-state index >= 15 is 0 Å². The van der Waals surface area contributed by atoms with Crippen LogP contribution in [0.2, 0.25) is 0 Å². The fraction of sp³-hybridized carbons (Fsp3) is 0.375. The van der Waals surface area contributed by atoms with Crippen molar-refractivity contribution in [1.82, 2.24) is 24.5 Å². The molecule has 0 N–H and O–H groups in total. The molecule has 1 amide bonds. The van der Waals surface area contributed by atoms with Crippen LogP contribution in [-0.4, -0.2) is 43.5 Å². The largest absolute Gasteiger partial charge is 0.459 e. The summed E-state index contributed by atoms with van der Waals surface area (Å²) in [5, 5.41) is 3.59. The number of nitrogens with zero attached hydrogens (tertiary/aromatic N) is 5. The molecule has 1 atom stereocenters. The van der Waals surface area contributed by atoms with Crippen LogP contribution in [0.1, 0.15) is 40.7 Å². The third-order valence-corrected chi connectivity index (χ3v) is 4.42. The molecule has 1 fully saturated rings. The second-order valence-electron chi connectivity index (χ2n) is 6.10. The number of piperidine rings is 1. The van der Waals surface area contributed by atoms with Crippen LogP contribution in [0, 0.1) is 0 Å². The smallest absolute Gasteiger partial charge is 0.433 e. The van der Waals surface area contributed by atoms with Gasteiger partial charge in [0.15, 0.2) is 11.5 Å². The maximum atomic E-state index is 13.3. The van der Waals surface area contributed by atoms with Crippen LogP contribution in [0.15, 0.2) is 35.2 Å². The topological polar surface area (TPSA) is 76.5 Å². The van der Waals surface area contributed by atoms with E-state index in [9.17, 15) is 18.0 Å². The van der Waals surface area contributed by atoms with E-state index in [2.05, 4.69) is 15.1 Å². The summed E-state index contributed by atoms with van der Waals surface area (Å²) in [6.45, 7) is 0.795. The van der Waals surface area contributed by atoms with Crippen molar-refractivity contribution >= 4 is 11.7 Å². The lowest BCUT2D eigenvalue weighted by atomic mass is 9.94. The number of furan rings is 1. The zero-order valence-corrected chi connectivity index (χ0v) is 13.5. The number of fused-ring (bicyclic) bond motifs is 1. The molecular formula is C16H14F3N5O2. The highest BCUT2D eigenvalue weighted by Gasteiger charge is 2.36. The lowest BCUT2D eigenvalue weighted by Crippen LogP contribution is -2.39. The number of rotatable bonds is 2. The average molecular weight is 365 g/mol. The summed E-state index contributed by atoms with van der Waals surface area (Å²) >= 11 is 0. The monoisotopic (exact) mass is 365 g/mol. The Morgan fingerprint density at radius 1 is 1.35 bits per heavy atom. The van der Waals surface area contributed by atoms with Gasteiger partial charge in [-0.2, -0.15) is 27.8 Å². The van der Waals surface area contributed by atoms with Gasteiger partial charge in [-0.3, -0.25) is 4.79 Å². The molecule has 0 radical (unpaired) electrons.